The van der Waals surface area contributed by atoms with Gasteiger partial charge in [0.25, 0.3) is 5.91 Å². The van der Waals surface area contributed by atoms with Crippen molar-refractivity contribution in [3.8, 4) is 0 Å². The summed E-state index contributed by atoms with van der Waals surface area (Å²) in [4.78, 5) is 17.7. The first-order valence-electron chi connectivity index (χ1n) is 10.2. The maximum atomic E-state index is 12.7. The zero-order valence-corrected chi connectivity index (χ0v) is 19.9. The van der Waals surface area contributed by atoms with Crippen LogP contribution in [0.2, 0.25) is 5.02 Å². The standard InChI is InChI=1S/C25H18ClN3O2S2/c1-14-6-11-19-18(12-14)28-21(31-19)13-15-7-9-16(10-8-15)27-25(32)29-24(30)23-22(26)17-4-2-3-5-20(17)33-23/h2-12H,13H2,1H3,(H2,27,29,30,32). The van der Waals surface area contributed by atoms with E-state index in [0.717, 1.165) is 38.0 Å². The summed E-state index contributed by atoms with van der Waals surface area (Å²) in [5, 5.41) is 7.24. The minimum absolute atomic E-state index is 0.204. The van der Waals surface area contributed by atoms with Crippen LogP contribution < -0.4 is 10.6 Å². The van der Waals surface area contributed by atoms with Crippen molar-refractivity contribution in [2.45, 2.75) is 13.3 Å². The molecule has 3 aromatic carbocycles. The molecule has 0 fully saturated rings. The second-order valence-electron chi connectivity index (χ2n) is 7.60. The number of amides is 1. The van der Waals surface area contributed by atoms with Crippen molar-refractivity contribution in [3.63, 3.8) is 0 Å². The fraction of sp³-hybridized carbons (Fsp3) is 0.0800. The van der Waals surface area contributed by atoms with Gasteiger partial charge in [-0.3, -0.25) is 10.1 Å². The van der Waals surface area contributed by atoms with Crippen LogP contribution in [0.15, 0.2) is 71.1 Å². The third-order valence-electron chi connectivity index (χ3n) is 5.12. The van der Waals surface area contributed by atoms with Gasteiger partial charge in [0.2, 0.25) is 0 Å². The Morgan fingerprint density at radius 1 is 1.12 bits per heavy atom. The van der Waals surface area contributed by atoms with Crippen molar-refractivity contribution in [3.05, 3.63) is 93.6 Å². The smallest absolute Gasteiger partial charge is 0.269 e. The topological polar surface area (TPSA) is 67.2 Å². The molecule has 0 aliphatic rings. The first kappa shape index (κ1) is 21.6. The number of hydrogen-bond acceptors (Lipinski definition) is 5. The fourth-order valence-corrected chi connectivity index (χ4v) is 5.15. The maximum Gasteiger partial charge on any atom is 0.269 e. The van der Waals surface area contributed by atoms with Crippen molar-refractivity contribution >= 4 is 73.0 Å². The van der Waals surface area contributed by atoms with Crippen LogP contribution >= 0.6 is 35.2 Å². The number of nitrogens with one attached hydrogen (secondary N) is 2. The molecule has 0 atom stereocenters. The summed E-state index contributed by atoms with van der Waals surface area (Å²) in [5.41, 5.74) is 4.61. The number of rotatable bonds is 4. The first-order valence-corrected chi connectivity index (χ1v) is 11.8. The van der Waals surface area contributed by atoms with Crippen molar-refractivity contribution < 1.29 is 9.21 Å². The second kappa shape index (κ2) is 8.94. The van der Waals surface area contributed by atoms with E-state index in [2.05, 4.69) is 15.6 Å². The number of thiocarbonyl (C=S) groups is 1. The molecule has 33 heavy (non-hydrogen) atoms. The van der Waals surface area contributed by atoms with Gasteiger partial charge in [0.15, 0.2) is 16.6 Å². The van der Waals surface area contributed by atoms with Crippen LogP contribution in [-0.4, -0.2) is 16.0 Å². The van der Waals surface area contributed by atoms with Crippen LogP contribution in [0.5, 0.6) is 0 Å². The summed E-state index contributed by atoms with van der Waals surface area (Å²) >= 11 is 13.0. The summed E-state index contributed by atoms with van der Waals surface area (Å²) in [7, 11) is 0. The Balaban J connectivity index is 1.22. The van der Waals surface area contributed by atoms with Gasteiger partial charge in [-0.2, -0.15) is 0 Å². The highest BCUT2D eigenvalue weighted by Crippen LogP contribution is 2.35. The minimum Gasteiger partial charge on any atom is -0.440 e. The van der Waals surface area contributed by atoms with Crippen molar-refractivity contribution in [2.24, 2.45) is 0 Å². The molecule has 0 spiro atoms. The highest BCUT2D eigenvalue weighted by Gasteiger charge is 2.18. The molecule has 0 saturated heterocycles. The monoisotopic (exact) mass is 491 g/mol. The van der Waals surface area contributed by atoms with Gasteiger partial charge >= 0.3 is 0 Å². The van der Waals surface area contributed by atoms with Crippen LogP contribution in [0.25, 0.3) is 21.2 Å². The van der Waals surface area contributed by atoms with E-state index in [0.29, 0.717) is 22.2 Å². The molecule has 2 N–H and O–H groups in total. The SMILES string of the molecule is Cc1ccc2oc(Cc3ccc(NC(=S)NC(=O)c4sc5ccccc5c4Cl)cc3)nc2c1. The van der Waals surface area contributed by atoms with E-state index in [1.54, 1.807) is 0 Å². The summed E-state index contributed by atoms with van der Waals surface area (Å²) in [6, 6.07) is 21.3. The van der Waals surface area contributed by atoms with Gasteiger partial charge < -0.3 is 9.73 Å². The molecule has 0 aliphatic carbocycles. The molecule has 5 nitrogen and oxygen atoms in total. The number of oxazole rings is 1. The minimum atomic E-state index is -0.332. The van der Waals surface area contributed by atoms with Crippen LogP contribution in [0.4, 0.5) is 5.69 Å². The Labute approximate surface area is 204 Å². The number of hydrogen-bond donors (Lipinski definition) is 2. The Morgan fingerprint density at radius 2 is 1.91 bits per heavy atom. The summed E-state index contributed by atoms with van der Waals surface area (Å²) < 4.78 is 6.79. The lowest BCUT2D eigenvalue weighted by molar-refractivity contribution is 0.0982. The number of halogens is 1. The van der Waals surface area contributed by atoms with E-state index in [1.165, 1.54) is 11.3 Å². The molecule has 0 saturated carbocycles. The molecule has 1 amide bonds. The summed E-state index contributed by atoms with van der Waals surface area (Å²) in [6.45, 7) is 2.03. The Morgan fingerprint density at radius 3 is 2.70 bits per heavy atom. The molecule has 164 valence electrons. The zero-order valence-electron chi connectivity index (χ0n) is 17.5. The van der Waals surface area contributed by atoms with Crippen molar-refractivity contribution in [1.82, 2.24) is 10.3 Å². The summed E-state index contributed by atoms with van der Waals surface area (Å²) in [5.74, 6) is 0.334. The lowest BCUT2D eigenvalue weighted by atomic mass is 10.1. The average Bonchev–Trinajstić information content (AvgIpc) is 3.35. The molecule has 0 aliphatic heterocycles. The largest absolute Gasteiger partial charge is 0.440 e. The number of fused-ring (bicyclic) bond motifs is 2. The number of aromatic nitrogens is 1. The highest BCUT2D eigenvalue weighted by atomic mass is 35.5. The van der Waals surface area contributed by atoms with Crippen LogP contribution in [-0.2, 0) is 6.42 Å². The molecular formula is C25H18ClN3O2S2. The van der Waals surface area contributed by atoms with E-state index < -0.39 is 0 Å². The van der Waals surface area contributed by atoms with Gasteiger partial charge in [-0.1, -0.05) is 48.0 Å². The highest BCUT2D eigenvalue weighted by molar-refractivity contribution is 7.80. The summed E-state index contributed by atoms with van der Waals surface area (Å²) in [6.07, 6.45) is 0.583. The molecule has 5 aromatic rings. The van der Waals surface area contributed by atoms with E-state index in [1.807, 2.05) is 73.7 Å². The van der Waals surface area contributed by atoms with Crippen LogP contribution in [0.3, 0.4) is 0 Å². The van der Waals surface area contributed by atoms with Gasteiger partial charge in [0.05, 0.1) is 5.02 Å². The predicted molar refractivity (Wildman–Crippen MR) is 139 cm³/mol. The lowest BCUT2D eigenvalue weighted by Gasteiger charge is -2.09. The maximum absolute atomic E-state index is 12.7. The average molecular weight is 492 g/mol. The molecule has 2 aromatic heterocycles. The predicted octanol–water partition coefficient (Wildman–Crippen LogP) is 6.72. The van der Waals surface area contributed by atoms with Gasteiger partial charge in [0, 0.05) is 22.2 Å². The van der Waals surface area contributed by atoms with Gasteiger partial charge in [-0.05, 0) is 60.6 Å². The lowest BCUT2D eigenvalue weighted by Crippen LogP contribution is -2.33. The molecule has 0 bridgehead atoms. The van der Waals surface area contributed by atoms with Crippen molar-refractivity contribution in [2.75, 3.05) is 5.32 Å². The molecule has 0 radical (unpaired) electrons. The van der Waals surface area contributed by atoms with Gasteiger partial charge in [-0.15, -0.1) is 11.3 Å². The number of carbonyl (C=O) groups excluding carboxylic acids is 1. The fourth-order valence-electron chi connectivity index (χ4n) is 3.52. The molecular weight excluding hydrogens is 474 g/mol. The van der Waals surface area contributed by atoms with E-state index in [-0.39, 0.29) is 11.0 Å². The number of carbonyl (C=O) groups is 1. The number of nitrogens with zero attached hydrogens (tertiary/aromatic N) is 1. The third kappa shape index (κ3) is 4.61. The molecule has 8 heteroatoms. The van der Waals surface area contributed by atoms with Crippen LogP contribution in [0, 0.1) is 6.92 Å². The Bertz CT molecular complexity index is 1510. The molecule has 0 unspecified atom stereocenters. The van der Waals surface area contributed by atoms with E-state index in [9.17, 15) is 4.79 Å². The normalized spacial score (nSPS) is 11.1. The Hall–Kier alpha value is -3.26. The number of anilines is 1. The number of thiophene rings is 1. The van der Waals surface area contributed by atoms with Crippen molar-refractivity contribution in [1.29, 1.82) is 0 Å². The zero-order chi connectivity index (χ0) is 22.9. The molecule has 2 heterocycles. The quantitative estimate of drug-likeness (QED) is 0.273. The van der Waals surface area contributed by atoms with E-state index in [4.69, 9.17) is 28.2 Å². The second-order valence-corrected chi connectivity index (χ2v) is 9.44. The first-order chi connectivity index (χ1) is 16.0. The number of benzene rings is 3. The van der Waals surface area contributed by atoms with Gasteiger partial charge in [0.1, 0.15) is 10.4 Å². The number of aryl methyl sites for hydroxylation is 1. The third-order valence-corrected chi connectivity index (χ3v) is 7.00. The van der Waals surface area contributed by atoms with Crippen LogP contribution in [0.1, 0.15) is 26.7 Å². The van der Waals surface area contributed by atoms with E-state index >= 15 is 0 Å². The van der Waals surface area contributed by atoms with Gasteiger partial charge in [-0.25, -0.2) is 4.98 Å². The Kier molecular flexibility index (Phi) is 5.85. The molecule has 5 rings (SSSR count).